The lowest BCUT2D eigenvalue weighted by Crippen LogP contribution is -2.52. The van der Waals surface area contributed by atoms with E-state index < -0.39 is 0 Å². The summed E-state index contributed by atoms with van der Waals surface area (Å²) in [4.78, 5) is 23.4. The van der Waals surface area contributed by atoms with E-state index in [-0.39, 0.29) is 11.8 Å². The highest BCUT2D eigenvalue weighted by molar-refractivity contribution is 5.93. The van der Waals surface area contributed by atoms with Crippen molar-refractivity contribution in [3.63, 3.8) is 0 Å². The molecular weight excluding hydrogens is 370 g/mol. The minimum absolute atomic E-state index is 0.0291. The smallest absolute Gasteiger partial charge is 0.234 e. The van der Waals surface area contributed by atoms with Crippen molar-refractivity contribution in [1.29, 1.82) is 0 Å². The van der Waals surface area contributed by atoms with Gasteiger partial charge in [0.1, 0.15) is 12.1 Å². The molecule has 0 unspecified atom stereocenters. The molecule has 0 spiro atoms. The van der Waals surface area contributed by atoms with Crippen LogP contribution in [0.15, 0.2) is 23.0 Å². The molecule has 1 aliphatic heterocycles. The summed E-state index contributed by atoms with van der Waals surface area (Å²) in [6.45, 7) is 5.16. The van der Waals surface area contributed by atoms with Crippen molar-refractivity contribution in [2.24, 2.45) is 5.92 Å². The van der Waals surface area contributed by atoms with Crippen molar-refractivity contribution >= 4 is 17.6 Å². The summed E-state index contributed by atoms with van der Waals surface area (Å²) >= 11 is 0. The topological polar surface area (TPSA) is 102 Å². The third-order valence-corrected chi connectivity index (χ3v) is 5.64. The largest absolute Gasteiger partial charge is 0.355 e. The number of amides is 1. The first-order chi connectivity index (χ1) is 14.1. The summed E-state index contributed by atoms with van der Waals surface area (Å²) in [5.74, 6) is 1.91. The number of fused-ring (bicyclic) bond motifs is 1. The second-order valence-corrected chi connectivity index (χ2v) is 7.81. The predicted molar refractivity (Wildman–Crippen MR) is 106 cm³/mol. The molecule has 29 heavy (non-hydrogen) atoms. The molecule has 0 saturated carbocycles. The first-order valence-electron chi connectivity index (χ1n) is 9.97. The van der Waals surface area contributed by atoms with Gasteiger partial charge in [0.25, 0.3) is 0 Å². The molecule has 1 amide bonds. The van der Waals surface area contributed by atoms with Crippen molar-refractivity contribution in [3.8, 4) is 5.82 Å². The van der Waals surface area contributed by atoms with Crippen molar-refractivity contribution in [1.82, 2.24) is 24.9 Å². The van der Waals surface area contributed by atoms with E-state index in [1.165, 1.54) is 6.33 Å². The summed E-state index contributed by atoms with van der Waals surface area (Å²) in [6.07, 6.45) is 5.62. The number of rotatable bonds is 4. The Morgan fingerprint density at radius 2 is 1.93 bits per heavy atom. The lowest BCUT2D eigenvalue weighted by Gasteiger charge is -2.38. The van der Waals surface area contributed by atoms with Gasteiger partial charge in [-0.05, 0) is 45.6 Å². The number of carbonyl (C=O) groups is 1. The second kappa shape index (κ2) is 6.98. The molecule has 4 heterocycles. The number of nitrogens with one attached hydrogen (secondary N) is 1. The lowest BCUT2D eigenvalue weighted by atomic mass is 9.96. The zero-order chi connectivity index (χ0) is 20.0. The number of carbonyl (C=O) groups excluding carboxylic acids is 1. The Hall–Kier alpha value is -3.23. The number of aryl methyl sites for hydroxylation is 3. The Bertz CT molecular complexity index is 1060. The highest BCUT2D eigenvalue weighted by Crippen LogP contribution is 2.29. The molecule has 2 aliphatic rings. The highest BCUT2D eigenvalue weighted by atomic mass is 16.5. The molecule has 0 aromatic carbocycles. The summed E-state index contributed by atoms with van der Waals surface area (Å²) in [5, 5.41) is 11.5. The highest BCUT2D eigenvalue weighted by Gasteiger charge is 2.35. The Kier molecular flexibility index (Phi) is 4.30. The molecule has 150 valence electrons. The van der Waals surface area contributed by atoms with Gasteiger partial charge in [-0.25, -0.2) is 14.6 Å². The van der Waals surface area contributed by atoms with Crippen LogP contribution in [0.3, 0.4) is 0 Å². The van der Waals surface area contributed by atoms with E-state index in [2.05, 4.69) is 30.4 Å². The average molecular weight is 393 g/mol. The second-order valence-electron chi connectivity index (χ2n) is 7.81. The fourth-order valence-electron chi connectivity index (χ4n) is 4.02. The van der Waals surface area contributed by atoms with Crippen LogP contribution in [0.1, 0.15) is 35.5 Å². The predicted octanol–water partition coefficient (Wildman–Crippen LogP) is 2.22. The van der Waals surface area contributed by atoms with Crippen LogP contribution in [0.2, 0.25) is 0 Å². The molecule has 5 rings (SSSR count). The molecule has 1 fully saturated rings. The van der Waals surface area contributed by atoms with Gasteiger partial charge in [0.2, 0.25) is 11.8 Å². The molecule has 3 aromatic heterocycles. The number of aromatic nitrogens is 5. The van der Waals surface area contributed by atoms with Gasteiger partial charge in [-0.2, -0.15) is 5.10 Å². The van der Waals surface area contributed by atoms with Gasteiger partial charge in [0, 0.05) is 30.4 Å². The standard InChI is InChI=1S/C20H23N7O2/c1-12-7-13(2)27(24-12)18-8-17(21-11-22-18)26-9-14(10-26)19(28)23-20-15-5-3-4-6-16(15)25-29-20/h7-8,11,14H,3-6,9-10H2,1-2H3,(H,23,28). The zero-order valence-corrected chi connectivity index (χ0v) is 16.6. The number of nitrogens with zero attached hydrogens (tertiary/aromatic N) is 6. The van der Waals surface area contributed by atoms with Gasteiger partial charge in [0.05, 0.1) is 17.3 Å². The van der Waals surface area contributed by atoms with E-state index >= 15 is 0 Å². The number of anilines is 2. The van der Waals surface area contributed by atoms with E-state index in [0.29, 0.717) is 19.0 Å². The molecule has 9 nitrogen and oxygen atoms in total. The minimum Gasteiger partial charge on any atom is -0.355 e. The quantitative estimate of drug-likeness (QED) is 0.725. The minimum atomic E-state index is -0.105. The SMILES string of the molecule is Cc1cc(C)n(-c2cc(N3CC(C(=O)Nc4onc5c4CCCC5)C3)ncn2)n1. The van der Waals surface area contributed by atoms with Crippen LogP contribution >= 0.6 is 0 Å². The Morgan fingerprint density at radius 3 is 2.72 bits per heavy atom. The van der Waals surface area contributed by atoms with Crippen LogP contribution in [-0.2, 0) is 17.6 Å². The Balaban J connectivity index is 1.24. The van der Waals surface area contributed by atoms with Crippen LogP contribution in [0.4, 0.5) is 11.7 Å². The summed E-state index contributed by atoms with van der Waals surface area (Å²) in [7, 11) is 0. The average Bonchev–Trinajstić information content (AvgIpc) is 3.23. The van der Waals surface area contributed by atoms with Crippen molar-refractivity contribution in [2.45, 2.75) is 39.5 Å². The molecule has 0 atom stereocenters. The van der Waals surface area contributed by atoms with Gasteiger partial charge in [-0.1, -0.05) is 5.16 Å². The lowest BCUT2D eigenvalue weighted by molar-refractivity contribution is -0.120. The summed E-state index contributed by atoms with van der Waals surface area (Å²) in [6, 6.07) is 3.91. The van der Waals surface area contributed by atoms with Crippen LogP contribution in [0.5, 0.6) is 0 Å². The van der Waals surface area contributed by atoms with E-state index in [4.69, 9.17) is 4.52 Å². The van der Waals surface area contributed by atoms with Crippen LogP contribution in [0, 0.1) is 19.8 Å². The first-order valence-corrected chi connectivity index (χ1v) is 9.97. The maximum atomic E-state index is 12.6. The molecule has 1 aliphatic carbocycles. The third-order valence-electron chi connectivity index (χ3n) is 5.64. The molecule has 1 saturated heterocycles. The van der Waals surface area contributed by atoms with Gasteiger partial charge in [-0.15, -0.1) is 0 Å². The molecule has 3 aromatic rings. The molecule has 1 N–H and O–H groups in total. The third kappa shape index (κ3) is 3.26. The first kappa shape index (κ1) is 17.8. The van der Waals surface area contributed by atoms with Crippen LogP contribution in [0.25, 0.3) is 5.82 Å². The van der Waals surface area contributed by atoms with E-state index in [1.807, 2.05) is 26.0 Å². The fraction of sp³-hybridized carbons (Fsp3) is 0.450. The van der Waals surface area contributed by atoms with Gasteiger partial charge >= 0.3 is 0 Å². The Labute approximate surface area is 168 Å². The summed E-state index contributed by atoms with van der Waals surface area (Å²) in [5.41, 5.74) is 4.01. The molecule has 0 radical (unpaired) electrons. The maximum absolute atomic E-state index is 12.6. The van der Waals surface area contributed by atoms with E-state index in [9.17, 15) is 4.79 Å². The van der Waals surface area contributed by atoms with Crippen LogP contribution in [-0.4, -0.2) is 43.9 Å². The fourth-order valence-corrected chi connectivity index (χ4v) is 4.02. The van der Waals surface area contributed by atoms with Crippen molar-refractivity contribution < 1.29 is 9.32 Å². The van der Waals surface area contributed by atoms with Crippen LogP contribution < -0.4 is 10.2 Å². The summed E-state index contributed by atoms with van der Waals surface area (Å²) < 4.78 is 7.17. The maximum Gasteiger partial charge on any atom is 0.234 e. The van der Waals surface area contributed by atoms with Gasteiger partial charge in [-0.3, -0.25) is 10.1 Å². The zero-order valence-electron chi connectivity index (χ0n) is 16.6. The van der Waals surface area contributed by atoms with E-state index in [0.717, 1.165) is 60.0 Å². The normalized spacial score (nSPS) is 16.4. The van der Waals surface area contributed by atoms with Crippen molar-refractivity contribution in [2.75, 3.05) is 23.3 Å². The van der Waals surface area contributed by atoms with Crippen molar-refractivity contribution in [3.05, 3.63) is 41.1 Å². The number of hydrogen-bond acceptors (Lipinski definition) is 7. The number of hydrogen-bond donors (Lipinski definition) is 1. The van der Waals surface area contributed by atoms with Gasteiger partial charge in [0.15, 0.2) is 5.82 Å². The van der Waals surface area contributed by atoms with Gasteiger partial charge < -0.3 is 9.42 Å². The van der Waals surface area contributed by atoms with E-state index in [1.54, 1.807) is 4.68 Å². The molecular formula is C20H23N7O2. The Morgan fingerprint density at radius 1 is 1.14 bits per heavy atom. The molecule has 9 heteroatoms. The molecule has 0 bridgehead atoms. The monoisotopic (exact) mass is 393 g/mol.